The number of benzene rings is 1. The lowest BCUT2D eigenvalue weighted by Gasteiger charge is -2.20. The highest BCUT2D eigenvalue weighted by Gasteiger charge is 2.08. The first kappa shape index (κ1) is 13.0. The van der Waals surface area contributed by atoms with Crippen molar-refractivity contribution >= 4 is 0 Å². The molecule has 16 heavy (non-hydrogen) atoms. The summed E-state index contributed by atoms with van der Waals surface area (Å²) in [5.74, 6) is 0. The summed E-state index contributed by atoms with van der Waals surface area (Å²) in [6.07, 6.45) is 4.21. The fourth-order valence-electron chi connectivity index (χ4n) is 1.83. The van der Waals surface area contributed by atoms with Gasteiger partial charge in [0.15, 0.2) is 0 Å². The van der Waals surface area contributed by atoms with E-state index in [0.29, 0.717) is 12.1 Å². The second-order valence-corrected chi connectivity index (χ2v) is 4.57. The van der Waals surface area contributed by atoms with E-state index >= 15 is 0 Å². The molecule has 1 rings (SSSR count). The van der Waals surface area contributed by atoms with Crippen molar-refractivity contribution in [1.82, 2.24) is 5.32 Å². The van der Waals surface area contributed by atoms with Crippen LogP contribution in [0.4, 0.5) is 0 Å². The van der Waals surface area contributed by atoms with Crippen LogP contribution in [0.3, 0.4) is 0 Å². The van der Waals surface area contributed by atoms with Crippen molar-refractivity contribution in [3.63, 3.8) is 0 Å². The number of allylic oxidation sites excluding steroid dienone is 1. The molecule has 0 radical (unpaired) electrons. The molecule has 1 N–H and O–H groups in total. The summed E-state index contributed by atoms with van der Waals surface area (Å²) < 4.78 is 0. The van der Waals surface area contributed by atoms with E-state index in [1.807, 2.05) is 6.08 Å². The van der Waals surface area contributed by atoms with E-state index in [0.717, 1.165) is 12.8 Å². The molecule has 0 aliphatic heterocycles. The van der Waals surface area contributed by atoms with Crippen LogP contribution in [-0.4, -0.2) is 6.04 Å². The number of hydrogen-bond acceptors (Lipinski definition) is 1. The molecule has 1 heteroatoms. The zero-order chi connectivity index (χ0) is 12.0. The van der Waals surface area contributed by atoms with Crippen LogP contribution in [0.25, 0.3) is 0 Å². The average molecular weight is 217 g/mol. The number of nitrogens with one attached hydrogen (secondary N) is 1. The smallest absolute Gasteiger partial charge is 0.0294 e. The third-order valence-electron chi connectivity index (χ3n) is 2.92. The molecular formula is C15H23N. The van der Waals surface area contributed by atoms with E-state index in [-0.39, 0.29) is 0 Å². The van der Waals surface area contributed by atoms with Crippen LogP contribution in [0.15, 0.2) is 36.9 Å². The van der Waals surface area contributed by atoms with E-state index in [2.05, 4.69) is 56.9 Å². The molecule has 0 fully saturated rings. The summed E-state index contributed by atoms with van der Waals surface area (Å²) in [5.41, 5.74) is 2.67. The maximum atomic E-state index is 3.75. The Balaban J connectivity index is 2.48. The highest BCUT2D eigenvalue weighted by molar-refractivity contribution is 5.23. The SMILES string of the molecule is C=CCCC(C)N[C@@H](C)c1ccc(C)cc1. The molecule has 1 unspecified atom stereocenters. The molecule has 0 saturated heterocycles. The molecule has 1 aromatic rings. The van der Waals surface area contributed by atoms with Crippen LogP contribution in [0.2, 0.25) is 0 Å². The summed E-state index contributed by atoms with van der Waals surface area (Å²) in [7, 11) is 0. The fourth-order valence-corrected chi connectivity index (χ4v) is 1.83. The van der Waals surface area contributed by atoms with Crippen LogP contribution in [-0.2, 0) is 0 Å². The van der Waals surface area contributed by atoms with Crippen molar-refractivity contribution in [2.24, 2.45) is 0 Å². The lowest BCUT2D eigenvalue weighted by Crippen LogP contribution is -2.28. The predicted octanol–water partition coefficient (Wildman–Crippen LogP) is 4.00. The maximum Gasteiger partial charge on any atom is 0.0294 e. The lowest BCUT2D eigenvalue weighted by molar-refractivity contribution is 0.459. The Bertz CT molecular complexity index is 313. The first-order valence-corrected chi connectivity index (χ1v) is 6.07. The highest BCUT2D eigenvalue weighted by atomic mass is 14.9. The van der Waals surface area contributed by atoms with Crippen molar-refractivity contribution in [2.75, 3.05) is 0 Å². The number of hydrogen-bond donors (Lipinski definition) is 1. The summed E-state index contributed by atoms with van der Waals surface area (Å²) in [6, 6.07) is 9.69. The minimum atomic E-state index is 0.417. The molecule has 0 aliphatic carbocycles. The molecule has 0 aromatic heterocycles. The molecule has 2 atom stereocenters. The van der Waals surface area contributed by atoms with Crippen LogP contribution >= 0.6 is 0 Å². The maximum absolute atomic E-state index is 3.75. The first-order valence-electron chi connectivity index (χ1n) is 6.07. The van der Waals surface area contributed by atoms with Crippen LogP contribution in [0, 0.1) is 6.92 Å². The van der Waals surface area contributed by atoms with E-state index in [1.165, 1.54) is 11.1 Å². The summed E-state index contributed by atoms with van der Waals surface area (Å²) >= 11 is 0. The molecule has 1 aromatic carbocycles. The molecule has 0 heterocycles. The molecule has 1 nitrogen and oxygen atoms in total. The quantitative estimate of drug-likeness (QED) is 0.710. The summed E-state index contributed by atoms with van der Waals surface area (Å²) in [5, 5.41) is 3.60. The molecule has 0 bridgehead atoms. The predicted molar refractivity (Wildman–Crippen MR) is 71.6 cm³/mol. The summed E-state index contributed by atoms with van der Waals surface area (Å²) in [4.78, 5) is 0. The third-order valence-corrected chi connectivity index (χ3v) is 2.92. The number of aryl methyl sites for hydroxylation is 1. The second kappa shape index (κ2) is 6.49. The minimum Gasteiger partial charge on any atom is -0.308 e. The topological polar surface area (TPSA) is 12.0 Å². The van der Waals surface area contributed by atoms with Gasteiger partial charge in [0.05, 0.1) is 0 Å². The third kappa shape index (κ3) is 4.19. The molecule has 0 saturated carbocycles. The molecule has 0 aliphatic rings. The fraction of sp³-hybridized carbons (Fsp3) is 0.467. The van der Waals surface area contributed by atoms with E-state index in [1.54, 1.807) is 0 Å². The normalized spacial score (nSPS) is 14.4. The molecule has 88 valence electrons. The minimum absolute atomic E-state index is 0.417. The Morgan fingerprint density at radius 2 is 1.88 bits per heavy atom. The van der Waals surface area contributed by atoms with Gasteiger partial charge in [-0.25, -0.2) is 0 Å². The zero-order valence-electron chi connectivity index (χ0n) is 10.7. The van der Waals surface area contributed by atoms with Gasteiger partial charge in [-0.05, 0) is 39.2 Å². The van der Waals surface area contributed by atoms with Gasteiger partial charge in [0, 0.05) is 12.1 Å². The summed E-state index contributed by atoms with van der Waals surface area (Å²) in [6.45, 7) is 10.3. The van der Waals surface area contributed by atoms with Crippen LogP contribution in [0.1, 0.15) is 43.9 Å². The lowest BCUT2D eigenvalue weighted by atomic mass is 10.0. The second-order valence-electron chi connectivity index (χ2n) is 4.57. The van der Waals surface area contributed by atoms with Gasteiger partial charge in [-0.15, -0.1) is 6.58 Å². The molecule has 0 amide bonds. The van der Waals surface area contributed by atoms with Gasteiger partial charge >= 0.3 is 0 Å². The molecular weight excluding hydrogens is 194 g/mol. The Morgan fingerprint density at radius 1 is 1.25 bits per heavy atom. The van der Waals surface area contributed by atoms with E-state index < -0.39 is 0 Å². The van der Waals surface area contributed by atoms with Crippen molar-refractivity contribution in [1.29, 1.82) is 0 Å². The Morgan fingerprint density at radius 3 is 2.44 bits per heavy atom. The van der Waals surface area contributed by atoms with Gasteiger partial charge in [0.1, 0.15) is 0 Å². The Labute approximate surface area is 99.6 Å². The molecule has 0 spiro atoms. The van der Waals surface area contributed by atoms with E-state index in [9.17, 15) is 0 Å². The van der Waals surface area contributed by atoms with Crippen LogP contribution in [0.5, 0.6) is 0 Å². The van der Waals surface area contributed by atoms with Gasteiger partial charge in [-0.3, -0.25) is 0 Å². The van der Waals surface area contributed by atoms with Gasteiger partial charge in [0.2, 0.25) is 0 Å². The van der Waals surface area contributed by atoms with E-state index in [4.69, 9.17) is 0 Å². The Hall–Kier alpha value is -1.08. The van der Waals surface area contributed by atoms with Gasteiger partial charge in [-0.1, -0.05) is 35.9 Å². The highest BCUT2D eigenvalue weighted by Crippen LogP contribution is 2.14. The average Bonchev–Trinajstić information content (AvgIpc) is 2.27. The standard InChI is InChI=1S/C15H23N/c1-5-6-7-13(3)16-14(4)15-10-8-12(2)9-11-15/h5,8-11,13-14,16H,1,6-7H2,2-4H3/t13?,14-/m0/s1. The van der Waals surface area contributed by atoms with Crippen LogP contribution < -0.4 is 5.32 Å². The largest absolute Gasteiger partial charge is 0.308 e. The van der Waals surface area contributed by atoms with Crippen molar-refractivity contribution in [2.45, 2.75) is 45.7 Å². The zero-order valence-corrected chi connectivity index (χ0v) is 10.7. The number of rotatable bonds is 6. The van der Waals surface area contributed by atoms with Gasteiger partial charge < -0.3 is 5.32 Å². The van der Waals surface area contributed by atoms with Crippen molar-refractivity contribution in [3.8, 4) is 0 Å². The monoisotopic (exact) mass is 217 g/mol. The van der Waals surface area contributed by atoms with Crippen molar-refractivity contribution < 1.29 is 0 Å². The first-order chi connectivity index (χ1) is 7.63. The van der Waals surface area contributed by atoms with Gasteiger partial charge in [-0.2, -0.15) is 0 Å². The van der Waals surface area contributed by atoms with Gasteiger partial charge in [0.25, 0.3) is 0 Å². The Kier molecular flexibility index (Phi) is 5.27. The van der Waals surface area contributed by atoms with Crippen molar-refractivity contribution in [3.05, 3.63) is 48.0 Å².